The summed E-state index contributed by atoms with van der Waals surface area (Å²) in [6.07, 6.45) is 2.41. The van der Waals surface area contributed by atoms with Crippen LogP contribution in [0.15, 0.2) is 24.4 Å². The highest BCUT2D eigenvalue weighted by atomic mass is 35.5. The van der Waals surface area contributed by atoms with Gasteiger partial charge in [-0.2, -0.15) is 5.10 Å². The van der Waals surface area contributed by atoms with Crippen LogP contribution in [0.25, 0.3) is 0 Å². The Hall–Kier alpha value is -2.61. The van der Waals surface area contributed by atoms with E-state index in [1.54, 1.807) is 18.2 Å². The number of aromatic nitrogens is 2. The van der Waals surface area contributed by atoms with Crippen LogP contribution in [-0.4, -0.2) is 27.6 Å². The number of ether oxygens (including phenoxy) is 1. The molecule has 0 unspecified atom stereocenters. The smallest absolute Gasteiger partial charge is 0.319 e. The summed E-state index contributed by atoms with van der Waals surface area (Å²) in [5, 5.41) is 20.2. The third kappa shape index (κ3) is 3.11. The predicted octanol–water partition coefficient (Wildman–Crippen LogP) is 2.62. The minimum Gasteiger partial charge on any atom is -0.493 e. The Labute approximate surface area is 135 Å². The zero-order valence-corrected chi connectivity index (χ0v) is 12.7. The van der Waals surface area contributed by atoms with Gasteiger partial charge in [0, 0.05) is 10.6 Å². The number of halogens is 1. The molecule has 0 spiro atoms. The van der Waals surface area contributed by atoms with Crippen LogP contribution >= 0.6 is 11.6 Å². The van der Waals surface area contributed by atoms with Crippen molar-refractivity contribution in [2.45, 2.75) is 18.9 Å². The van der Waals surface area contributed by atoms with Crippen molar-refractivity contribution in [2.24, 2.45) is 0 Å². The molecule has 1 amide bonds. The summed E-state index contributed by atoms with van der Waals surface area (Å²) in [6, 6.07) is 4.88. The first-order valence-electron chi connectivity index (χ1n) is 6.97. The first-order chi connectivity index (χ1) is 11.1. The van der Waals surface area contributed by atoms with E-state index in [4.69, 9.17) is 16.3 Å². The van der Waals surface area contributed by atoms with Crippen molar-refractivity contribution in [3.8, 4) is 5.75 Å². The van der Waals surface area contributed by atoms with Gasteiger partial charge < -0.3 is 10.1 Å². The lowest BCUT2D eigenvalue weighted by atomic mass is 10.0. The fourth-order valence-corrected chi connectivity index (χ4v) is 2.67. The minimum atomic E-state index is -0.650. The van der Waals surface area contributed by atoms with E-state index in [1.165, 1.54) is 0 Å². The summed E-state index contributed by atoms with van der Waals surface area (Å²) >= 11 is 5.96. The lowest BCUT2D eigenvalue weighted by molar-refractivity contribution is -0.385. The van der Waals surface area contributed by atoms with Crippen LogP contribution in [0.3, 0.4) is 0 Å². The molecule has 1 aliphatic rings. The average molecular weight is 337 g/mol. The van der Waals surface area contributed by atoms with Crippen LogP contribution in [0, 0.1) is 10.1 Å². The molecule has 0 aliphatic carbocycles. The summed E-state index contributed by atoms with van der Waals surface area (Å²) in [7, 11) is 0. The van der Waals surface area contributed by atoms with Crippen molar-refractivity contribution in [1.82, 2.24) is 15.5 Å². The van der Waals surface area contributed by atoms with Gasteiger partial charge in [-0.25, -0.2) is 0 Å². The van der Waals surface area contributed by atoms with Crippen LogP contribution < -0.4 is 10.1 Å². The number of carbonyl (C=O) groups is 1. The molecule has 0 saturated heterocycles. The molecule has 0 fully saturated rings. The number of amides is 1. The summed E-state index contributed by atoms with van der Waals surface area (Å²) in [6.45, 7) is 0.518. The lowest BCUT2D eigenvalue weighted by Crippen LogP contribution is -2.29. The van der Waals surface area contributed by atoms with Gasteiger partial charge in [0.05, 0.1) is 17.6 Å². The monoisotopic (exact) mass is 336 g/mol. The molecule has 0 bridgehead atoms. The Balaban J connectivity index is 1.86. The van der Waals surface area contributed by atoms with Crippen LogP contribution in [0.2, 0.25) is 5.02 Å². The fourth-order valence-electron chi connectivity index (χ4n) is 2.51. The number of rotatable bonds is 3. The van der Waals surface area contributed by atoms with Gasteiger partial charge in [0.1, 0.15) is 11.9 Å². The number of hydrogen-bond donors (Lipinski definition) is 2. The number of benzene rings is 1. The second kappa shape index (κ2) is 6.25. The van der Waals surface area contributed by atoms with E-state index in [-0.39, 0.29) is 17.4 Å². The van der Waals surface area contributed by atoms with E-state index >= 15 is 0 Å². The normalized spacial score (nSPS) is 16.8. The summed E-state index contributed by atoms with van der Waals surface area (Å²) in [4.78, 5) is 22.6. The standard InChI is InChI=1S/C14H13ClN4O4/c15-8-3-4-9-10(2-1-5-23-12(9)6-8)17-14(20)13-11(19(21)22)7-16-18-13/h3-4,6-7,10H,1-2,5H2,(H,16,18)(H,17,20)/t10-/m0/s1. The molecule has 2 heterocycles. The van der Waals surface area contributed by atoms with Crippen LogP contribution in [0.4, 0.5) is 5.69 Å². The van der Waals surface area contributed by atoms with Gasteiger partial charge in [-0.1, -0.05) is 17.7 Å². The Morgan fingerprint density at radius 1 is 1.52 bits per heavy atom. The highest BCUT2D eigenvalue weighted by Crippen LogP contribution is 2.33. The molecular formula is C14H13ClN4O4. The van der Waals surface area contributed by atoms with Crippen molar-refractivity contribution >= 4 is 23.2 Å². The van der Waals surface area contributed by atoms with Gasteiger partial charge in [-0.15, -0.1) is 0 Å². The molecule has 1 aliphatic heterocycles. The van der Waals surface area contributed by atoms with Crippen molar-refractivity contribution in [3.05, 3.63) is 50.8 Å². The molecule has 1 aromatic heterocycles. The Kier molecular flexibility index (Phi) is 4.16. The van der Waals surface area contributed by atoms with Gasteiger partial charge in [0.15, 0.2) is 0 Å². The Bertz CT molecular complexity index is 761. The van der Waals surface area contributed by atoms with Gasteiger partial charge in [0.25, 0.3) is 5.91 Å². The molecule has 3 rings (SSSR count). The number of fused-ring (bicyclic) bond motifs is 1. The first-order valence-corrected chi connectivity index (χ1v) is 7.35. The highest BCUT2D eigenvalue weighted by Gasteiger charge is 2.27. The number of H-pyrrole nitrogens is 1. The molecule has 120 valence electrons. The molecule has 2 aromatic rings. The third-order valence-corrected chi connectivity index (χ3v) is 3.83. The Morgan fingerprint density at radius 3 is 3.13 bits per heavy atom. The van der Waals surface area contributed by atoms with Crippen LogP contribution in [0.5, 0.6) is 5.75 Å². The summed E-state index contributed by atoms with van der Waals surface area (Å²) in [5.41, 5.74) is 0.266. The van der Waals surface area contributed by atoms with Crippen molar-refractivity contribution in [1.29, 1.82) is 0 Å². The molecule has 1 aromatic carbocycles. The third-order valence-electron chi connectivity index (χ3n) is 3.59. The SMILES string of the molecule is O=C(N[C@H]1CCCOc2cc(Cl)ccc21)c1[nH]ncc1[N+](=O)[O-]. The molecule has 0 saturated carbocycles. The van der Waals surface area contributed by atoms with Crippen LogP contribution in [0.1, 0.15) is 34.9 Å². The highest BCUT2D eigenvalue weighted by molar-refractivity contribution is 6.30. The molecule has 9 heteroatoms. The number of nitro groups is 1. The van der Waals surface area contributed by atoms with E-state index in [0.717, 1.165) is 18.2 Å². The zero-order chi connectivity index (χ0) is 16.4. The minimum absolute atomic E-state index is 0.171. The summed E-state index contributed by atoms with van der Waals surface area (Å²) < 4.78 is 5.63. The quantitative estimate of drug-likeness (QED) is 0.661. The maximum atomic E-state index is 12.3. The molecule has 2 N–H and O–H groups in total. The van der Waals surface area contributed by atoms with E-state index in [1.807, 2.05) is 0 Å². The number of nitrogens with zero attached hydrogens (tertiary/aromatic N) is 2. The summed E-state index contributed by atoms with van der Waals surface area (Å²) in [5.74, 6) is 0.0291. The molecule has 8 nitrogen and oxygen atoms in total. The average Bonchev–Trinajstić information content (AvgIpc) is 2.93. The van der Waals surface area contributed by atoms with E-state index < -0.39 is 10.8 Å². The number of aromatic amines is 1. The molecule has 0 radical (unpaired) electrons. The maximum absolute atomic E-state index is 12.3. The van der Waals surface area contributed by atoms with E-state index in [9.17, 15) is 14.9 Å². The van der Waals surface area contributed by atoms with E-state index in [2.05, 4.69) is 15.5 Å². The van der Waals surface area contributed by atoms with Crippen LogP contribution in [-0.2, 0) is 0 Å². The number of hydrogen-bond acceptors (Lipinski definition) is 5. The second-order valence-electron chi connectivity index (χ2n) is 5.09. The molecule has 1 atom stereocenters. The van der Waals surface area contributed by atoms with Crippen molar-refractivity contribution in [3.63, 3.8) is 0 Å². The Morgan fingerprint density at radius 2 is 2.35 bits per heavy atom. The van der Waals surface area contributed by atoms with Crippen molar-refractivity contribution in [2.75, 3.05) is 6.61 Å². The number of carbonyl (C=O) groups excluding carboxylic acids is 1. The van der Waals surface area contributed by atoms with Gasteiger partial charge in [-0.05, 0) is 25.0 Å². The topological polar surface area (TPSA) is 110 Å². The van der Waals surface area contributed by atoms with Gasteiger partial charge in [0.2, 0.25) is 5.69 Å². The van der Waals surface area contributed by atoms with Crippen molar-refractivity contribution < 1.29 is 14.5 Å². The van der Waals surface area contributed by atoms with Gasteiger partial charge >= 0.3 is 5.69 Å². The fraction of sp³-hybridized carbons (Fsp3) is 0.286. The largest absolute Gasteiger partial charge is 0.493 e. The van der Waals surface area contributed by atoms with Gasteiger partial charge in [-0.3, -0.25) is 20.0 Å². The lowest BCUT2D eigenvalue weighted by Gasteiger charge is -2.18. The molecule has 23 heavy (non-hydrogen) atoms. The number of nitrogens with one attached hydrogen (secondary N) is 2. The predicted molar refractivity (Wildman–Crippen MR) is 81.6 cm³/mol. The first kappa shape index (κ1) is 15.3. The molecular weight excluding hydrogens is 324 g/mol. The van der Waals surface area contributed by atoms with E-state index in [0.29, 0.717) is 23.8 Å². The zero-order valence-electron chi connectivity index (χ0n) is 11.9. The maximum Gasteiger partial charge on any atom is 0.319 e. The second-order valence-corrected chi connectivity index (χ2v) is 5.52.